The Bertz CT molecular complexity index is 2180. The summed E-state index contributed by atoms with van der Waals surface area (Å²) in [5.41, 5.74) is 5.91. The molecule has 25 heteroatoms. The summed E-state index contributed by atoms with van der Waals surface area (Å²) in [5.74, 6) is 0.261. The Morgan fingerprint density at radius 3 is 2.57 bits per heavy atom. The van der Waals surface area contributed by atoms with Crippen LogP contribution in [0, 0.1) is 0 Å². The SMILES string of the molecule is Nc1ncnc2c1ncn2[C@@H]1O[C@@H]2COP(=O)(S)O[C@H]3[C@@H](O)[C@H](n4cnc5c(=O)[nH]c6nccn6c54)O[C@@H]3COP(O)(=S)O[C@H]2[C@H]1F. The monoisotopic (exact) mass is 732 g/mol. The second-order valence-electron chi connectivity index (χ2n) is 10.7. The Kier molecular flexibility index (Phi) is 7.55. The first-order chi connectivity index (χ1) is 22.4. The van der Waals surface area contributed by atoms with Gasteiger partial charge in [0, 0.05) is 12.4 Å². The Balaban J connectivity index is 1.09. The molecule has 3 saturated heterocycles. The van der Waals surface area contributed by atoms with E-state index in [1.165, 1.54) is 38.7 Å². The fraction of sp³-hybridized carbons (Fsp3) is 0.455. The molecule has 20 nitrogen and oxygen atoms in total. The van der Waals surface area contributed by atoms with Crippen LogP contribution in [0.15, 0.2) is 36.2 Å². The summed E-state index contributed by atoms with van der Waals surface area (Å²) >= 11 is 9.28. The number of nitrogens with one attached hydrogen (secondary N) is 1. The van der Waals surface area contributed by atoms with Crippen LogP contribution in [0.1, 0.15) is 12.5 Å². The van der Waals surface area contributed by atoms with Gasteiger partial charge in [-0.15, -0.1) is 0 Å². The first kappa shape index (κ1) is 31.4. The van der Waals surface area contributed by atoms with E-state index in [-0.39, 0.29) is 33.9 Å². The molecule has 8 rings (SSSR count). The van der Waals surface area contributed by atoms with E-state index >= 15 is 4.39 Å². The van der Waals surface area contributed by atoms with Gasteiger partial charge in [-0.1, -0.05) is 12.2 Å². The maximum absolute atomic E-state index is 16.1. The van der Waals surface area contributed by atoms with Gasteiger partial charge < -0.3 is 29.7 Å². The van der Waals surface area contributed by atoms with Crippen molar-refractivity contribution in [3.05, 3.63) is 41.7 Å². The molecule has 2 unspecified atom stereocenters. The van der Waals surface area contributed by atoms with Crippen molar-refractivity contribution in [2.75, 3.05) is 18.9 Å². The van der Waals surface area contributed by atoms with Crippen molar-refractivity contribution in [3.8, 4) is 0 Å². The van der Waals surface area contributed by atoms with E-state index in [2.05, 4.69) is 42.2 Å². The van der Waals surface area contributed by atoms with Gasteiger partial charge in [-0.05, 0) is 11.8 Å². The fourth-order valence-electron chi connectivity index (χ4n) is 5.82. The number of aromatic nitrogens is 9. The normalized spacial score (nSPS) is 36.8. The molecule has 47 heavy (non-hydrogen) atoms. The van der Waals surface area contributed by atoms with Gasteiger partial charge in [0.15, 0.2) is 41.3 Å². The fourth-order valence-corrected chi connectivity index (χ4v) is 8.75. The molecule has 0 saturated carbocycles. The van der Waals surface area contributed by atoms with Gasteiger partial charge in [-0.3, -0.25) is 36.9 Å². The standard InChI is InChI=1S/C22H23FN10O10P2S2/c23-10-14-8(40-20(10)32-6-28-11-16(24)26-5-27-17(11)32)3-38-45(37,47)43-15-9(4-39-44(36,46)42-14)41-21(13(15)34)33-7-29-12-18(35)30-22-25-1-2-31(22)19(12)33/h1-2,5-10,13-15,20-21,34H,3-4H2,(H,36,46)(H,37,47)(H2,24,26,27)(H,25,30,35)/t8-,9-,10-,13-,14-,15-,20-,21-,44?,45?/m1/s1. The van der Waals surface area contributed by atoms with Crippen molar-refractivity contribution >= 4 is 71.5 Å². The minimum absolute atomic E-state index is 0.0158. The van der Waals surface area contributed by atoms with Crippen molar-refractivity contribution in [1.29, 1.82) is 0 Å². The molecule has 5 aromatic heterocycles. The molecule has 8 heterocycles. The van der Waals surface area contributed by atoms with Crippen LogP contribution in [0.5, 0.6) is 0 Å². The Morgan fingerprint density at radius 2 is 1.74 bits per heavy atom. The number of nitrogens with two attached hydrogens (primary N) is 1. The lowest BCUT2D eigenvalue weighted by Gasteiger charge is -2.29. The number of hydrogen-bond acceptors (Lipinski definition) is 16. The minimum atomic E-state index is -4.35. The lowest BCUT2D eigenvalue weighted by molar-refractivity contribution is -0.0574. The Morgan fingerprint density at radius 1 is 1.02 bits per heavy atom. The zero-order valence-corrected chi connectivity index (χ0v) is 26.9. The first-order valence-corrected chi connectivity index (χ1v) is 19.0. The quantitative estimate of drug-likeness (QED) is 0.121. The number of alkyl halides is 1. The number of hydrogen-bond donors (Lipinski definition) is 5. The van der Waals surface area contributed by atoms with Gasteiger partial charge in [0.2, 0.25) is 5.78 Å². The van der Waals surface area contributed by atoms with E-state index in [0.717, 1.165) is 0 Å². The van der Waals surface area contributed by atoms with Crippen LogP contribution in [-0.4, -0.2) is 103 Å². The van der Waals surface area contributed by atoms with Gasteiger partial charge in [-0.2, -0.15) is 0 Å². The number of imidazole rings is 3. The number of H-pyrrole nitrogens is 1. The molecule has 0 bridgehead atoms. The third-order valence-electron chi connectivity index (χ3n) is 7.90. The van der Waals surface area contributed by atoms with Crippen LogP contribution >= 0.6 is 25.8 Å². The summed E-state index contributed by atoms with van der Waals surface area (Å²) in [4.78, 5) is 46.5. The van der Waals surface area contributed by atoms with Crippen molar-refractivity contribution in [2.45, 2.75) is 49.1 Å². The zero-order valence-electron chi connectivity index (χ0n) is 23.4. The van der Waals surface area contributed by atoms with Gasteiger partial charge >= 0.3 is 13.5 Å². The van der Waals surface area contributed by atoms with Crippen LogP contribution in [0.3, 0.4) is 0 Å². The van der Waals surface area contributed by atoms with E-state index < -0.39 is 81.4 Å². The number of rotatable bonds is 2. The number of fused-ring (bicyclic) bond motifs is 6. The number of nitrogen functional groups attached to an aromatic ring is 1. The van der Waals surface area contributed by atoms with Crippen LogP contribution in [-0.2, 0) is 43.9 Å². The number of ether oxygens (including phenoxy) is 2. The molecule has 250 valence electrons. The number of aliphatic hydroxyl groups is 1. The Labute approximate surface area is 270 Å². The average molecular weight is 733 g/mol. The van der Waals surface area contributed by atoms with E-state index in [0.29, 0.717) is 0 Å². The summed E-state index contributed by atoms with van der Waals surface area (Å²) in [6.07, 6.45) is -5.23. The second-order valence-corrected chi connectivity index (χ2v) is 16.4. The summed E-state index contributed by atoms with van der Waals surface area (Å²) in [6, 6.07) is 0. The van der Waals surface area contributed by atoms with E-state index in [1.54, 1.807) is 6.20 Å². The summed E-state index contributed by atoms with van der Waals surface area (Å²) in [7, 11) is 0. The highest BCUT2D eigenvalue weighted by molar-refractivity contribution is 8.44. The molecule has 0 aromatic carbocycles. The third-order valence-corrected chi connectivity index (χ3v) is 11.1. The van der Waals surface area contributed by atoms with E-state index in [4.69, 9.17) is 45.1 Å². The number of aliphatic hydroxyl groups excluding tert-OH is 1. The molecule has 0 amide bonds. The van der Waals surface area contributed by atoms with E-state index in [9.17, 15) is 19.4 Å². The molecule has 5 aromatic rings. The highest BCUT2D eigenvalue weighted by atomic mass is 32.7. The number of halogens is 1. The lowest BCUT2D eigenvalue weighted by Crippen LogP contribution is -2.38. The molecule has 0 aliphatic carbocycles. The van der Waals surface area contributed by atoms with Crippen LogP contribution < -0.4 is 11.3 Å². The molecule has 10 atom stereocenters. The topological polar surface area (TPSA) is 251 Å². The zero-order chi connectivity index (χ0) is 32.8. The van der Waals surface area contributed by atoms with Gasteiger partial charge in [0.05, 0.1) is 25.9 Å². The van der Waals surface area contributed by atoms with Gasteiger partial charge in [0.1, 0.15) is 42.4 Å². The summed E-state index contributed by atoms with van der Waals surface area (Å²) in [5, 5.41) is 11.4. The highest BCUT2D eigenvalue weighted by Crippen LogP contribution is 2.58. The van der Waals surface area contributed by atoms with Crippen molar-refractivity contribution in [3.63, 3.8) is 0 Å². The minimum Gasteiger partial charge on any atom is -0.386 e. The van der Waals surface area contributed by atoms with E-state index in [1.807, 2.05) is 0 Å². The second kappa shape index (κ2) is 11.3. The number of aromatic amines is 1. The molecule has 3 aliphatic heterocycles. The number of nitrogens with zero attached hydrogens (tertiary/aromatic N) is 8. The maximum Gasteiger partial charge on any atom is 0.386 e. The lowest BCUT2D eigenvalue weighted by atomic mass is 10.1. The molecule has 3 aliphatic rings. The molecule has 0 radical (unpaired) electrons. The molecule has 5 N–H and O–H groups in total. The molecular formula is C22H23FN10O10P2S2. The maximum atomic E-state index is 16.1. The van der Waals surface area contributed by atoms with Crippen molar-refractivity contribution < 1.29 is 46.5 Å². The smallest absolute Gasteiger partial charge is 0.386 e. The summed E-state index contributed by atoms with van der Waals surface area (Å²) in [6.45, 7) is -9.80. The first-order valence-electron chi connectivity index (χ1n) is 13.7. The predicted octanol–water partition coefficient (Wildman–Crippen LogP) is 0.360. The van der Waals surface area contributed by atoms with Crippen molar-refractivity contribution in [2.24, 2.45) is 0 Å². The Hall–Kier alpha value is -2.92. The largest absolute Gasteiger partial charge is 0.386 e. The highest BCUT2D eigenvalue weighted by Gasteiger charge is 2.53. The molecular weight excluding hydrogens is 709 g/mol. The average Bonchev–Trinajstić information content (AvgIpc) is 3.84. The van der Waals surface area contributed by atoms with Crippen LogP contribution in [0.2, 0.25) is 0 Å². The van der Waals surface area contributed by atoms with Crippen LogP contribution in [0.25, 0.3) is 28.1 Å². The predicted molar refractivity (Wildman–Crippen MR) is 162 cm³/mol. The molecule has 3 fully saturated rings. The third kappa shape index (κ3) is 5.30. The van der Waals surface area contributed by atoms with Gasteiger partial charge in [-0.25, -0.2) is 33.9 Å². The summed E-state index contributed by atoms with van der Waals surface area (Å²) < 4.78 is 68.0. The molecule has 0 spiro atoms. The van der Waals surface area contributed by atoms with Crippen LogP contribution in [0.4, 0.5) is 10.2 Å². The van der Waals surface area contributed by atoms with Gasteiger partial charge in [0.25, 0.3) is 5.56 Å². The number of anilines is 1. The number of thiol groups is 1. The van der Waals surface area contributed by atoms with Crippen molar-refractivity contribution in [1.82, 2.24) is 43.4 Å².